The van der Waals surface area contributed by atoms with Crippen LogP contribution in [-0.2, 0) is 5.72 Å². The molecule has 2 aromatic carbocycles. The largest absolute Gasteiger partial charge is 0.462 e. The lowest BCUT2D eigenvalue weighted by atomic mass is 9.93. The average Bonchev–Trinajstić information content (AvgIpc) is 3.32. The van der Waals surface area contributed by atoms with Crippen LogP contribution < -0.4 is 4.74 Å². The fraction of sp³-hybridized carbons (Fsp3) is 0.190. The summed E-state index contributed by atoms with van der Waals surface area (Å²) in [5, 5.41) is 9.28. The third-order valence-corrected chi connectivity index (χ3v) is 6.57. The molecule has 130 valence electrons. The number of hydrogen-bond acceptors (Lipinski definition) is 4. The predicted molar refractivity (Wildman–Crippen MR) is 109 cm³/mol. The van der Waals surface area contributed by atoms with Gasteiger partial charge in [0.25, 0.3) is 0 Å². The average molecular weight is 425 g/mol. The lowest BCUT2D eigenvalue weighted by molar-refractivity contribution is -0.112. The van der Waals surface area contributed by atoms with Crippen LogP contribution in [0.5, 0.6) is 5.75 Å². The SMILES string of the molecule is C[C@]1(c2ccc(Br)cc2)Oc2ccccc2[C@@H]2CC(c3cccs3)=NN21. The summed E-state index contributed by atoms with van der Waals surface area (Å²) in [7, 11) is 0. The first kappa shape index (κ1) is 16.1. The van der Waals surface area contributed by atoms with Crippen molar-refractivity contribution in [1.29, 1.82) is 0 Å². The molecule has 2 aliphatic heterocycles. The van der Waals surface area contributed by atoms with Gasteiger partial charge >= 0.3 is 0 Å². The lowest BCUT2D eigenvalue weighted by Crippen LogP contribution is -2.48. The van der Waals surface area contributed by atoms with Gasteiger partial charge in [-0.15, -0.1) is 11.3 Å². The summed E-state index contributed by atoms with van der Waals surface area (Å²) in [6.45, 7) is 2.11. The van der Waals surface area contributed by atoms with Gasteiger partial charge in [0.05, 0.1) is 16.6 Å². The number of nitrogens with zero attached hydrogens (tertiary/aromatic N) is 2. The molecular formula is C21H17BrN2OS. The number of fused-ring (bicyclic) bond motifs is 3. The van der Waals surface area contributed by atoms with Crippen LogP contribution in [0.3, 0.4) is 0 Å². The van der Waals surface area contributed by atoms with Crippen molar-refractivity contribution in [2.75, 3.05) is 0 Å². The van der Waals surface area contributed by atoms with Gasteiger partial charge in [-0.25, -0.2) is 5.01 Å². The van der Waals surface area contributed by atoms with Crippen molar-refractivity contribution in [1.82, 2.24) is 5.01 Å². The number of ether oxygens (including phenoxy) is 1. The molecule has 0 fully saturated rings. The number of thiophene rings is 1. The zero-order chi connectivity index (χ0) is 17.7. The summed E-state index contributed by atoms with van der Waals surface area (Å²) >= 11 is 5.26. The minimum absolute atomic E-state index is 0.186. The summed E-state index contributed by atoms with van der Waals surface area (Å²) < 4.78 is 7.59. The highest BCUT2D eigenvalue weighted by molar-refractivity contribution is 9.10. The van der Waals surface area contributed by atoms with E-state index < -0.39 is 5.72 Å². The number of hydrogen-bond donors (Lipinski definition) is 0. The van der Waals surface area contributed by atoms with E-state index in [-0.39, 0.29) is 6.04 Å². The third-order valence-electron chi connectivity index (χ3n) is 5.12. The van der Waals surface area contributed by atoms with E-state index in [0.29, 0.717) is 0 Å². The van der Waals surface area contributed by atoms with E-state index in [1.807, 2.05) is 6.07 Å². The van der Waals surface area contributed by atoms with E-state index in [1.54, 1.807) is 11.3 Å². The molecule has 2 aliphatic rings. The molecule has 3 heterocycles. The Bertz CT molecular complexity index is 984. The number of hydrazone groups is 1. The van der Waals surface area contributed by atoms with Gasteiger partial charge in [0.2, 0.25) is 5.72 Å². The maximum absolute atomic E-state index is 6.53. The van der Waals surface area contributed by atoms with Gasteiger partial charge in [-0.05, 0) is 29.6 Å². The van der Waals surface area contributed by atoms with Gasteiger partial charge in [-0.2, -0.15) is 5.10 Å². The normalized spacial score (nSPS) is 23.8. The van der Waals surface area contributed by atoms with E-state index in [1.165, 1.54) is 10.4 Å². The number of benzene rings is 2. The smallest absolute Gasteiger partial charge is 0.221 e. The Morgan fingerprint density at radius 2 is 1.92 bits per heavy atom. The first-order valence-corrected chi connectivity index (χ1v) is 10.3. The number of para-hydroxylation sites is 1. The van der Waals surface area contributed by atoms with Crippen molar-refractivity contribution < 1.29 is 4.74 Å². The van der Waals surface area contributed by atoms with Crippen LogP contribution in [0.2, 0.25) is 0 Å². The standard InChI is InChI=1S/C21H17BrN2OS/c1-21(14-8-10-15(22)11-9-14)24-18(16-5-2-3-6-19(16)25-21)13-17(23-24)20-7-4-12-26-20/h2-12,18H,13H2,1H3/t18-,21+/m0/s1. The maximum atomic E-state index is 6.53. The second-order valence-electron chi connectivity index (χ2n) is 6.72. The molecule has 0 spiro atoms. The highest BCUT2D eigenvalue weighted by atomic mass is 79.9. The second kappa shape index (κ2) is 5.96. The molecular weight excluding hydrogens is 408 g/mol. The molecule has 26 heavy (non-hydrogen) atoms. The van der Waals surface area contributed by atoms with Crippen LogP contribution in [0.25, 0.3) is 0 Å². The molecule has 3 nitrogen and oxygen atoms in total. The molecule has 5 rings (SSSR count). The monoisotopic (exact) mass is 424 g/mol. The topological polar surface area (TPSA) is 24.8 Å². The number of rotatable bonds is 2. The third kappa shape index (κ3) is 2.42. The number of halogens is 1. The molecule has 1 aromatic heterocycles. The molecule has 5 heteroatoms. The van der Waals surface area contributed by atoms with Crippen LogP contribution in [0, 0.1) is 0 Å². The molecule has 0 amide bonds. The fourth-order valence-corrected chi connectivity index (χ4v) is 4.78. The van der Waals surface area contributed by atoms with Crippen molar-refractivity contribution in [2.24, 2.45) is 5.10 Å². The van der Waals surface area contributed by atoms with Crippen molar-refractivity contribution in [3.05, 3.63) is 86.5 Å². The Kier molecular flexibility index (Phi) is 3.69. The summed E-state index contributed by atoms with van der Waals surface area (Å²) in [6.07, 6.45) is 0.896. The second-order valence-corrected chi connectivity index (χ2v) is 8.58. The summed E-state index contributed by atoms with van der Waals surface area (Å²) in [4.78, 5) is 1.23. The summed E-state index contributed by atoms with van der Waals surface area (Å²) in [5.74, 6) is 0.946. The zero-order valence-electron chi connectivity index (χ0n) is 14.2. The quantitative estimate of drug-likeness (QED) is 0.509. The first-order valence-electron chi connectivity index (χ1n) is 8.60. The van der Waals surface area contributed by atoms with E-state index in [2.05, 4.69) is 87.8 Å². The van der Waals surface area contributed by atoms with E-state index >= 15 is 0 Å². The van der Waals surface area contributed by atoms with Crippen LogP contribution in [-0.4, -0.2) is 10.7 Å². The molecule has 0 bridgehead atoms. The van der Waals surface area contributed by atoms with Gasteiger partial charge in [0.15, 0.2) is 0 Å². The molecule has 2 atom stereocenters. The predicted octanol–water partition coefficient (Wildman–Crippen LogP) is 5.93. The molecule has 0 unspecified atom stereocenters. The van der Waals surface area contributed by atoms with E-state index in [0.717, 1.165) is 27.9 Å². The summed E-state index contributed by atoms with van der Waals surface area (Å²) in [6, 6.07) is 21.1. The van der Waals surface area contributed by atoms with Gasteiger partial charge in [0.1, 0.15) is 5.75 Å². The summed E-state index contributed by atoms with van der Waals surface area (Å²) in [5.41, 5.74) is 2.79. The van der Waals surface area contributed by atoms with E-state index in [4.69, 9.17) is 9.84 Å². The molecule has 0 radical (unpaired) electrons. The Balaban J connectivity index is 1.66. The molecule has 3 aromatic rings. The zero-order valence-corrected chi connectivity index (χ0v) is 16.6. The van der Waals surface area contributed by atoms with Gasteiger partial charge < -0.3 is 4.74 Å². The highest BCUT2D eigenvalue weighted by Crippen LogP contribution is 2.50. The first-order chi connectivity index (χ1) is 12.6. The Morgan fingerprint density at radius 1 is 1.12 bits per heavy atom. The maximum Gasteiger partial charge on any atom is 0.221 e. The molecule has 0 aliphatic carbocycles. The van der Waals surface area contributed by atoms with Gasteiger partial charge in [0, 0.05) is 28.9 Å². The lowest BCUT2D eigenvalue weighted by Gasteiger charge is -2.46. The van der Waals surface area contributed by atoms with Crippen LogP contribution in [0.1, 0.15) is 35.4 Å². The van der Waals surface area contributed by atoms with Crippen molar-refractivity contribution in [3.8, 4) is 5.75 Å². The van der Waals surface area contributed by atoms with Gasteiger partial charge in [-0.3, -0.25) is 0 Å². The van der Waals surface area contributed by atoms with E-state index in [9.17, 15) is 0 Å². The molecule has 0 saturated heterocycles. The van der Waals surface area contributed by atoms with Crippen molar-refractivity contribution >= 4 is 33.0 Å². The van der Waals surface area contributed by atoms with Crippen molar-refractivity contribution in [2.45, 2.75) is 25.1 Å². The minimum Gasteiger partial charge on any atom is -0.462 e. The fourth-order valence-electron chi connectivity index (χ4n) is 3.80. The molecule has 0 saturated carbocycles. The minimum atomic E-state index is -0.640. The highest BCUT2D eigenvalue weighted by Gasteiger charge is 2.48. The van der Waals surface area contributed by atoms with Crippen molar-refractivity contribution in [3.63, 3.8) is 0 Å². The van der Waals surface area contributed by atoms with Crippen LogP contribution in [0.15, 0.2) is 75.6 Å². The Hall–Kier alpha value is -2.11. The van der Waals surface area contributed by atoms with Crippen LogP contribution in [0.4, 0.5) is 0 Å². The Morgan fingerprint density at radius 3 is 2.69 bits per heavy atom. The Labute approximate surface area is 165 Å². The van der Waals surface area contributed by atoms with Gasteiger partial charge in [-0.1, -0.05) is 52.3 Å². The van der Waals surface area contributed by atoms with Crippen LogP contribution >= 0.6 is 27.3 Å². The molecule has 0 N–H and O–H groups in total.